The molecule has 1 saturated heterocycles. The maximum atomic E-state index is 9.50. The molecule has 101 valence electrons. The molecule has 1 aliphatic heterocycles. The molecule has 0 aromatic heterocycles. The molecular formula is C15H27NOY. The van der Waals surface area contributed by atoms with Crippen LogP contribution >= 0.6 is 0 Å². The Morgan fingerprint density at radius 1 is 1.00 bits per heavy atom. The molecule has 1 heterocycles. The molecule has 2 saturated carbocycles. The Morgan fingerprint density at radius 3 is 2.06 bits per heavy atom. The molecule has 18 heavy (non-hydrogen) atoms. The van der Waals surface area contributed by atoms with Crippen molar-refractivity contribution in [3.63, 3.8) is 0 Å². The van der Waals surface area contributed by atoms with Gasteiger partial charge in [-0.1, -0.05) is 6.92 Å². The molecular weight excluding hydrogens is 299 g/mol. The van der Waals surface area contributed by atoms with E-state index >= 15 is 0 Å². The third-order valence-corrected chi connectivity index (χ3v) is 5.70. The Kier molecular flexibility index (Phi) is 5.31. The monoisotopic (exact) mass is 326 g/mol. The molecule has 1 N–H and O–H groups in total. The van der Waals surface area contributed by atoms with Gasteiger partial charge in [-0.25, -0.2) is 0 Å². The van der Waals surface area contributed by atoms with E-state index in [0.29, 0.717) is 5.41 Å². The number of aliphatic hydroxyl groups excluding tert-OH is 1. The molecule has 0 atom stereocenters. The third-order valence-electron chi connectivity index (χ3n) is 5.70. The molecule has 1 radical (unpaired) electrons. The van der Waals surface area contributed by atoms with Crippen molar-refractivity contribution >= 4 is 0 Å². The van der Waals surface area contributed by atoms with Crippen LogP contribution in [0.1, 0.15) is 58.3 Å². The van der Waals surface area contributed by atoms with E-state index in [1.807, 2.05) is 0 Å². The minimum atomic E-state index is 0. The van der Waals surface area contributed by atoms with Crippen LogP contribution in [0, 0.1) is 11.3 Å². The van der Waals surface area contributed by atoms with Crippen LogP contribution in [0.2, 0.25) is 0 Å². The number of rotatable bonds is 1. The summed E-state index contributed by atoms with van der Waals surface area (Å²) in [6.07, 6.45) is 10.6. The number of piperidine rings is 1. The number of hydrogen-bond donors (Lipinski definition) is 1. The molecule has 3 aliphatic rings. The van der Waals surface area contributed by atoms with Gasteiger partial charge in [0, 0.05) is 38.8 Å². The minimum absolute atomic E-state index is 0. The van der Waals surface area contributed by atoms with Crippen molar-refractivity contribution < 1.29 is 37.8 Å². The zero-order valence-electron chi connectivity index (χ0n) is 11.8. The van der Waals surface area contributed by atoms with Gasteiger partial charge >= 0.3 is 0 Å². The molecule has 0 unspecified atom stereocenters. The van der Waals surface area contributed by atoms with Gasteiger partial charge in [0.2, 0.25) is 0 Å². The normalized spacial score (nSPS) is 37.0. The van der Waals surface area contributed by atoms with Crippen LogP contribution in [0.5, 0.6) is 0 Å². The topological polar surface area (TPSA) is 23.5 Å². The van der Waals surface area contributed by atoms with Crippen molar-refractivity contribution in [2.24, 2.45) is 11.3 Å². The van der Waals surface area contributed by atoms with Gasteiger partial charge in [-0.15, -0.1) is 0 Å². The number of hydrogen-bond acceptors (Lipinski definition) is 2. The second kappa shape index (κ2) is 6.20. The Balaban J connectivity index is 0.00000120. The van der Waals surface area contributed by atoms with Gasteiger partial charge in [0.15, 0.2) is 0 Å². The number of nitrogens with zero attached hydrogens (tertiary/aromatic N) is 1. The van der Waals surface area contributed by atoms with Gasteiger partial charge < -0.3 is 10.0 Å². The Bertz CT molecular complexity index is 260. The number of aliphatic hydroxyl groups is 1. The average molecular weight is 326 g/mol. The summed E-state index contributed by atoms with van der Waals surface area (Å²) in [7, 11) is 0. The van der Waals surface area contributed by atoms with Gasteiger partial charge in [0.05, 0.1) is 6.10 Å². The van der Waals surface area contributed by atoms with E-state index in [-0.39, 0.29) is 38.8 Å². The number of likely N-dealkylation sites (tertiary alicyclic amines) is 1. The maximum absolute atomic E-state index is 9.50. The van der Waals surface area contributed by atoms with E-state index in [1.165, 1.54) is 51.6 Å². The van der Waals surface area contributed by atoms with Crippen molar-refractivity contribution in [3.05, 3.63) is 0 Å². The minimum Gasteiger partial charge on any atom is -0.393 e. The molecule has 2 nitrogen and oxygen atoms in total. The molecule has 2 aliphatic carbocycles. The quantitative estimate of drug-likeness (QED) is 0.801. The van der Waals surface area contributed by atoms with Crippen molar-refractivity contribution in [3.8, 4) is 0 Å². The van der Waals surface area contributed by atoms with Crippen LogP contribution < -0.4 is 0 Å². The summed E-state index contributed by atoms with van der Waals surface area (Å²) < 4.78 is 0. The third kappa shape index (κ3) is 3.19. The molecule has 3 rings (SSSR count). The van der Waals surface area contributed by atoms with Crippen LogP contribution in [0.15, 0.2) is 0 Å². The zero-order valence-corrected chi connectivity index (χ0v) is 14.6. The standard InChI is InChI=1S/C15H27NO.Y/c1-12-2-4-13(5-3-12)16-8-6-15(7-9-16)10-14(17)11-15;/h12-14,17H,2-11H2,1H3;. The van der Waals surface area contributed by atoms with E-state index < -0.39 is 0 Å². The van der Waals surface area contributed by atoms with Crippen LogP contribution in [-0.4, -0.2) is 35.2 Å². The van der Waals surface area contributed by atoms with Crippen molar-refractivity contribution in [1.82, 2.24) is 4.90 Å². The first-order chi connectivity index (χ1) is 8.17. The summed E-state index contributed by atoms with van der Waals surface area (Å²) in [6.45, 7) is 4.99. The SMILES string of the molecule is CC1CCC(N2CCC3(CC2)CC(O)C3)CC1.[Y]. The van der Waals surface area contributed by atoms with Crippen molar-refractivity contribution in [2.75, 3.05) is 13.1 Å². The largest absolute Gasteiger partial charge is 0.393 e. The Labute approximate surface area is 137 Å². The van der Waals surface area contributed by atoms with Crippen molar-refractivity contribution in [2.45, 2.75) is 70.4 Å². The molecule has 0 aromatic rings. The van der Waals surface area contributed by atoms with E-state index in [4.69, 9.17) is 0 Å². The summed E-state index contributed by atoms with van der Waals surface area (Å²) in [6, 6.07) is 0.883. The predicted octanol–water partition coefficient (Wildman–Crippen LogP) is 2.80. The van der Waals surface area contributed by atoms with Gasteiger partial charge in [0.25, 0.3) is 0 Å². The second-order valence-electron chi connectivity index (χ2n) is 7.01. The fourth-order valence-corrected chi connectivity index (χ4v) is 4.32. The maximum Gasteiger partial charge on any atom is 0.0550 e. The first kappa shape index (κ1) is 15.4. The van der Waals surface area contributed by atoms with E-state index in [0.717, 1.165) is 24.8 Å². The van der Waals surface area contributed by atoms with Gasteiger partial charge in [-0.05, 0) is 75.8 Å². The summed E-state index contributed by atoms with van der Waals surface area (Å²) >= 11 is 0. The first-order valence-corrected chi connectivity index (χ1v) is 7.59. The molecule has 1 spiro atoms. The fourth-order valence-electron chi connectivity index (χ4n) is 4.32. The van der Waals surface area contributed by atoms with Gasteiger partial charge in [-0.2, -0.15) is 0 Å². The molecule has 3 fully saturated rings. The van der Waals surface area contributed by atoms with Crippen LogP contribution in [-0.2, 0) is 32.7 Å². The molecule has 3 heteroatoms. The van der Waals surface area contributed by atoms with Crippen LogP contribution in [0.25, 0.3) is 0 Å². The smallest absolute Gasteiger partial charge is 0.0550 e. The second-order valence-corrected chi connectivity index (χ2v) is 7.01. The zero-order chi connectivity index (χ0) is 11.9. The summed E-state index contributed by atoms with van der Waals surface area (Å²) in [4.78, 5) is 2.75. The average Bonchev–Trinajstić information content (AvgIpc) is 2.30. The van der Waals surface area contributed by atoms with Crippen molar-refractivity contribution in [1.29, 1.82) is 0 Å². The van der Waals surface area contributed by atoms with Crippen LogP contribution in [0.3, 0.4) is 0 Å². The van der Waals surface area contributed by atoms with E-state index in [2.05, 4.69) is 11.8 Å². The molecule has 0 bridgehead atoms. The summed E-state index contributed by atoms with van der Waals surface area (Å²) in [5, 5.41) is 9.50. The molecule has 0 amide bonds. The molecule has 0 aromatic carbocycles. The van der Waals surface area contributed by atoms with Crippen LogP contribution in [0.4, 0.5) is 0 Å². The Hall–Kier alpha value is 1.02. The van der Waals surface area contributed by atoms with E-state index in [9.17, 15) is 5.11 Å². The fraction of sp³-hybridized carbons (Fsp3) is 1.00. The predicted molar refractivity (Wildman–Crippen MR) is 69.9 cm³/mol. The summed E-state index contributed by atoms with van der Waals surface area (Å²) in [5.74, 6) is 0.962. The Morgan fingerprint density at radius 2 is 1.56 bits per heavy atom. The van der Waals surface area contributed by atoms with E-state index in [1.54, 1.807) is 0 Å². The van der Waals surface area contributed by atoms with Gasteiger partial charge in [-0.3, -0.25) is 0 Å². The summed E-state index contributed by atoms with van der Waals surface area (Å²) in [5.41, 5.74) is 0.553. The van der Waals surface area contributed by atoms with Gasteiger partial charge in [0.1, 0.15) is 0 Å². The first-order valence-electron chi connectivity index (χ1n) is 7.59.